The summed E-state index contributed by atoms with van der Waals surface area (Å²) in [6, 6.07) is 10.3. The zero-order chi connectivity index (χ0) is 16.9. The average molecular weight is 326 g/mol. The van der Waals surface area contributed by atoms with E-state index in [-0.39, 0.29) is 0 Å². The number of oxazole rings is 1. The lowest BCUT2D eigenvalue weighted by atomic mass is 10.1. The van der Waals surface area contributed by atoms with Gasteiger partial charge in [0.2, 0.25) is 17.5 Å². The fourth-order valence-electron chi connectivity index (χ4n) is 2.72. The van der Waals surface area contributed by atoms with Crippen LogP contribution >= 0.6 is 0 Å². The lowest BCUT2D eigenvalue weighted by Gasteiger charge is -2.32. The van der Waals surface area contributed by atoms with Crippen molar-refractivity contribution in [3.63, 3.8) is 0 Å². The Morgan fingerprint density at radius 1 is 1.29 bits per heavy atom. The highest BCUT2D eigenvalue weighted by atomic mass is 16.5. The van der Waals surface area contributed by atoms with Crippen molar-refractivity contribution in [1.82, 2.24) is 9.88 Å². The molecule has 0 saturated carbocycles. The molecule has 0 amide bonds. The Morgan fingerprint density at radius 3 is 2.67 bits per heavy atom. The number of nitrogens with one attached hydrogen (secondary N) is 1. The van der Waals surface area contributed by atoms with E-state index in [2.05, 4.69) is 28.2 Å². The van der Waals surface area contributed by atoms with Crippen molar-refractivity contribution in [2.24, 2.45) is 0 Å². The third-order valence-electron chi connectivity index (χ3n) is 4.26. The molecule has 6 nitrogen and oxygen atoms in total. The molecule has 0 spiro atoms. The molecule has 2 heterocycles. The van der Waals surface area contributed by atoms with Crippen LogP contribution in [0, 0.1) is 18.3 Å². The summed E-state index contributed by atoms with van der Waals surface area (Å²) in [5, 5.41) is 12.5. The molecular weight excluding hydrogens is 304 g/mol. The van der Waals surface area contributed by atoms with Crippen LogP contribution in [0.3, 0.4) is 0 Å². The Morgan fingerprint density at radius 2 is 2.00 bits per heavy atom. The van der Waals surface area contributed by atoms with E-state index in [0.717, 1.165) is 31.9 Å². The molecule has 0 aliphatic carbocycles. The van der Waals surface area contributed by atoms with Crippen molar-refractivity contribution in [3.8, 4) is 17.5 Å². The van der Waals surface area contributed by atoms with Gasteiger partial charge in [0.05, 0.1) is 13.2 Å². The predicted molar refractivity (Wildman–Crippen MR) is 91.7 cm³/mol. The van der Waals surface area contributed by atoms with E-state index in [4.69, 9.17) is 9.15 Å². The number of anilines is 1. The number of hydrogen-bond donors (Lipinski definition) is 1. The molecule has 1 atom stereocenters. The topological polar surface area (TPSA) is 74.3 Å². The van der Waals surface area contributed by atoms with Gasteiger partial charge in [-0.05, 0) is 26.0 Å². The van der Waals surface area contributed by atoms with Crippen LogP contribution in [0.1, 0.15) is 18.2 Å². The highest BCUT2D eigenvalue weighted by molar-refractivity contribution is 5.59. The molecule has 1 aliphatic rings. The van der Waals surface area contributed by atoms with Gasteiger partial charge in [0.1, 0.15) is 6.07 Å². The second-order valence-electron chi connectivity index (χ2n) is 6.05. The normalized spacial score (nSPS) is 16.5. The molecule has 1 aliphatic heterocycles. The van der Waals surface area contributed by atoms with Gasteiger partial charge in [-0.3, -0.25) is 4.90 Å². The van der Waals surface area contributed by atoms with Crippen LogP contribution in [0.2, 0.25) is 0 Å². The third-order valence-corrected chi connectivity index (χ3v) is 4.26. The van der Waals surface area contributed by atoms with Crippen LogP contribution in [0.15, 0.2) is 28.7 Å². The monoisotopic (exact) mass is 326 g/mol. The maximum Gasteiger partial charge on any atom is 0.232 e. The van der Waals surface area contributed by atoms with Crippen LogP contribution < -0.4 is 5.32 Å². The molecule has 1 aromatic carbocycles. The summed E-state index contributed by atoms with van der Waals surface area (Å²) in [6.45, 7) is 8.28. The SMILES string of the molecule is Cc1ccc(-c2nc(C#N)c(NC[C@@H](C)N3CCOCC3)o2)cc1. The van der Waals surface area contributed by atoms with Gasteiger partial charge in [0.15, 0.2) is 0 Å². The molecular formula is C18H22N4O2. The number of rotatable bonds is 5. The van der Waals surface area contributed by atoms with Crippen LogP contribution in [0.4, 0.5) is 5.88 Å². The molecule has 126 valence electrons. The number of benzene rings is 1. The molecule has 1 N–H and O–H groups in total. The van der Waals surface area contributed by atoms with Crippen LogP contribution in [-0.4, -0.2) is 48.8 Å². The molecule has 0 unspecified atom stereocenters. The molecule has 1 aromatic heterocycles. The number of nitrogens with zero attached hydrogens (tertiary/aromatic N) is 3. The first-order valence-electron chi connectivity index (χ1n) is 8.21. The molecule has 1 saturated heterocycles. The summed E-state index contributed by atoms with van der Waals surface area (Å²) >= 11 is 0. The second-order valence-corrected chi connectivity index (χ2v) is 6.05. The van der Waals surface area contributed by atoms with Gasteiger partial charge in [-0.1, -0.05) is 17.7 Å². The number of ether oxygens (including phenoxy) is 1. The number of hydrogen-bond acceptors (Lipinski definition) is 6. The summed E-state index contributed by atoms with van der Waals surface area (Å²) in [5.41, 5.74) is 2.33. The van der Waals surface area contributed by atoms with Gasteiger partial charge in [-0.15, -0.1) is 0 Å². The minimum atomic E-state index is 0.291. The number of aryl methyl sites for hydroxylation is 1. The lowest BCUT2D eigenvalue weighted by Crippen LogP contribution is -2.45. The van der Waals surface area contributed by atoms with E-state index < -0.39 is 0 Å². The summed E-state index contributed by atoms with van der Waals surface area (Å²) < 4.78 is 11.2. The summed E-state index contributed by atoms with van der Waals surface area (Å²) in [5.74, 6) is 0.904. The van der Waals surface area contributed by atoms with Gasteiger partial charge in [-0.2, -0.15) is 10.2 Å². The highest BCUT2D eigenvalue weighted by Gasteiger charge is 2.19. The minimum Gasteiger partial charge on any atom is -0.419 e. The van der Waals surface area contributed by atoms with E-state index in [0.29, 0.717) is 30.1 Å². The minimum absolute atomic E-state index is 0.291. The van der Waals surface area contributed by atoms with Crippen molar-refractivity contribution >= 4 is 5.88 Å². The zero-order valence-corrected chi connectivity index (χ0v) is 14.1. The largest absolute Gasteiger partial charge is 0.419 e. The molecule has 0 bridgehead atoms. The molecule has 6 heteroatoms. The number of nitriles is 1. The second kappa shape index (κ2) is 7.47. The van der Waals surface area contributed by atoms with Crippen LogP contribution in [0.5, 0.6) is 0 Å². The lowest BCUT2D eigenvalue weighted by molar-refractivity contribution is 0.0226. The van der Waals surface area contributed by atoms with Gasteiger partial charge in [-0.25, -0.2) is 0 Å². The van der Waals surface area contributed by atoms with Crippen molar-refractivity contribution in [3.05, 3.63) is 35.5 Å². The molecule has 24 heavy (non-hydrogen) atoms. The maximum atomic E-state index is 9.30. The summed E-state index contributed by atoms with van der Waals surface area (Å²) in [7, 11) is 0. The quantitative estimate of drug-likeness (QED) is 0.910. The number of aromatic nitrogens is 1. The summed E-state index contributed by atoms with van der Waals surface area (Å²) in [6.07, 6.45) is 0. The van der Waals surface area contributed by atoms with E-state index in [1.54, 1.807) is 0 Å². The molecule has 1 fully saturated rings. The van der Waals surface area contributed by atoms with Gasteiger partial charge in [0.25, 0.3) is 0 Å². The fraction of sp³-hybridized carbons (Fsp3) is 0.444. The van der Waals surface area contributed by atoms with Crippen LogP contribution in [-0.2, 0) is 4.74 Å². The van der Waals surface area contributed by atoms with Gasteiger partial charge in [0, 0.05) is 31.2 Å². The first-order valence-corrected chi connectivity index (χ1v) is 8.21. The van der Waals surface area contributed by atoms with E-state index in [1.807, 2.05) is 31.2 Å². The Bertz CT molecular complexity index is 712. The Labute approximate surface area is 142 Å². The van der Waals surface area contributed by atoms with Gasteiger partial charge < -0.3 is 14.5 Å². The fourth-order valence-corrected chi connectivity index (χ4v) is 2.72. The van der Waals surface area contributed by atoms with Crippen molar-refractivity contribution < 1.29 is 9.15 Å². The van der Waals surface area contributed by atoms with Crippen LogP contribution in [0.25, 0.3) is 11.5 Å². The van der Waals surface area contributed by atoms with Crippen molar-refractivity contribution in [1.29, 1.82) is 5.26 Å². The molecule has 3 rings (SSSR count). The van der Waals surface area contributed by atoms with Crippen molar-refractivity contribution in [2.45, 2.75) is 19.9 Å². The van der Waals surface area contributed by atoms with E-state index in [9.17, 15) is 5.26 Å². The number of morpholine rings is 1. The maximum absolute atomic E-state index is 9.30. The Balaban J connectivity index is 1.69. The smallest absolute Gasteiger partial charge is 0.232 e. The first kappa shape index (κ1) is 16.5. The van der Waals surface area contributed by atoms with E-state index >= 15 is 0 Å². The predicted octanol–water partition coefficient (Wildman–Crippen LogP) is 2.65. The third kappa shape index (κ3) is 3.75. The van der Waals surface area contributed by atoms with Crippen molar-refractivity contribution in [2.75, 3.05) is 38.2 Å². The standard InChI is InChI=1S/C18H22N4O2/c1-13-3-5-15(6-4-13)17-21-16(11-19)18(24-17)20-12-14(2)22-7-9-23-10-8-22/h3-6,14,20H,7-10,12H2,1-2H3/t14-/m1/s1. The van der Waals surface area contributed by atoms with E-state index in [1.165, 1.54) is 5.56 Å². The molecule has 2 aromatic rings. The average Bonchev–Trinajstić information content (AvgIpc) is 3.04. The Kier molecular flexibility index (Phi) is 5.14. The highest BCUT2D eigenvalue weighted by Crippen LogP contribution is 2.25. The molecule has 0 radical (unpaired) electrons. The Hall–Kier alpha value is -2.36. The zero-order valence-electron chi connectivity index (χ0n) is 14.1. The first-order chi connectivity index (χ1) is 11.7. The van der Waals surface area contributed by atoms with Gasteiger partial charge >= 0.3 is 0 Å². The summed E-state index contributed by atoms with van der Waals surface area (Å²) in [4.78, 5) is 6.66.